The van der Waals surface area contributed by atoms with E-state index in [0.29, 0.717) is 5.75 Å². The molecule has 0 bridgehead atoms. The van der Waals surface area contributed by atoms with Crippen LogP contribution in [0.5, 0.6) is 11.5 Å². The minimum Gasteiger partial charge on any atom is -0.508 e. The summed E-state index contributed by atoms with van der Waals surface area (Å²) in [5, 5.41) is 8.63. The number of nitrogens with zero attached hydrogens (tertiary/aromatic N) is 1. The highest BCUT2D eigenvalue weighted by atomic mass is 16.6. The van der Waals surface area contributed by atoms with Crippen molar-refractivity contribution in [2.75, 3.05) is 0 Å². The molecular weight excluding hydrogens is 288 g/mol. The van der Waals surface area contributed by atoms with Gasteiger partial charge in [0.25, 0.3) is 0 Å². The molecule has 2 N–H and O–H groups in total. The van der Waals surface area contributed by atoms with Gasteiger partial charge in [-0.2, -0.15) is 0 Å². The smallest absolute Gasteiger partial charge is 0.162 e. The summed E-state index contributed by atoms with van der Waals surface area (Å²) in [6, 6.07) is 22.3. The Morgan fingerprint density at radius 1 is 0.783 bits per heavy atom. The minimum absolute atomic E-state index is 0.322. The van der Waals surface area contributed by atoms with Crippen LogP contribution in [0.15, 0.2) is 91.4 Å². The van der Waals surface area contributed by atoms with E-state index in [0.717, 1.165) is 11.3 Å². The maximum Gasteiger partial charge on any atom is 0.162 e. The zero-order chi connectivity index (χ0) is 16.2. The Labute approximate surface area is 135 Å². The number of aromatic nitrogens is 1. The monoisotopic (exact) mass is 306 g/mol. The van der Waals surface area contributed by atoms with E-state index in [9.17, 15) is 0 Å². The molecule has 0 spiro atoms. The van der Waals surface area contributed by atoms with Crippen LogP contribution in [0.2, 0.25) is 0 Å². The Morgan fingerprint density at radius 2 is 1.43 bits per heavy atom. The van der Waals surface area contributed by atoms with E-state index in [4.69, 9.17) is 9.94 Å². The molecule has 1 aromatic heterocycles. The van der Waals surface area contributed by atoms with Crippen molar-refractivity contribution in [3.8, 4) is 11.5 Å². The SMILES string of the molecule is C1=Cc2ccccc2ON1.Oc1ccccc1.c1ccncc1. The average Bonchev–Trinajstić information content (AvgIpc) is 2.65. The first-order chi connectivity index (χ1) is 11.4. The molecule has 4 heteroatoms. The average molecular weight is 306 g/mol. The highest BCUT2D eigenvalue weighted by Gasteiger charge is 2.01. The largest absolute Gasteiger partial charge is 0.508 e. The van der Waals surface area contributed by atoms with E-state index in [1.807, 2.05) is 54.6 Å². The molecule has 4 rings (SSSR count). The fourth-order valence-electron chi connectivity index (χ4n) is 1.67. The molecule has 0 atom stereocenters. The summed E-state index contributed by atoms with van der Waals surface area (Å²) < 4.78 is 0. The van der Waals surface area contributed by atoms with Gasteiger partial charge in [0.05, 0.1) is 0 Å². The topological polar surface area (TPSA) is 54.4 Å². The van der Waals surface area contributed by atoms with Crippen molar-refractivity contribution in [3.05, 3.63) is 97.0 Å². The standard InChI is InChI=1S/C8H7NO.C6H6O.C5H5N/c1-2-4-8-7(3-1)5-6-9-10-8;7-6-4-2-1-3-5-6;1-2-4-6-5-3-1/h1-6,9H;1-5,7H;1-5H. The van der Waals surface area contributed by atoms with E-state index in [2.05, 4.69) is 10.5 Å². The van der Waals surface area contributed by atoms with Gasteiger partial charge in [-0.25, -0.2) is 5.48 Å². The quantitative estimate of drug-likeness (QED) is 0.658. The van der Waals surface area contributed by atoms with Crippen LogP contribution in [-0.2, 0) is 0 Å². The third kappa shape index (κ3) is 6.35. The van der Waals surface area contributed by atoms with Gasteiger partial charge < -0.3 is 9.94 Å². The normalized spacial score (nSPS) is 10.4. The second-order valence-corrected chi connectivity index (χ2v) is 4.45. The van der Waals surface area contributed by atoms with E-state index < -0.39 is 0 Å². The molecular formula is C19H18N2O2. The lowest BCUT2D eigenvalue weighted by Crippen LogP contribution is -2.13. The van der Waals surface area contributed by atoms with Crippen LogP contribution in [-0.4, -0.2) is 10.1 Å². The molecule has 3 aromatic rings. The molecule has 2 aromatic carbocycles. The number of hydrogen-bond acceptors (Lipinski definition) is 4. The van der Waals surface area contributed by atoms with E-state index in [-0.39, 0.29) is 0 Å². The molecule has 0 unspecified atom stereocenters. The molecule has 1 aliphatic rings. The molecule has 116 valence electrons. The fourth-order valence-corrected chi connectivity index (χ4v) is 1.67. The number of rotatable bonds is 0. The van der Waals surface area contributed by atoms with Gasteiger partial charge in [-0.1, -0.05) is 42.5 Å². The third-order valence-electron chi connectivity index (χ3n) is 2.74. The molecule has 0 saturated carbocycles. The number of pyridine rings is 1. The summed E-state index contributed by atoms with van der Waals surface area (Å²) in [6.45, 7) is 0. The lowest BCUT2D eigenvalue weighted by Gasteiger charge is -2.11. The van der Waals surface area contributed by atoms with Gasteiger partial charge >= 0.3 is 0 Å². The van der Waals surface area contributed by atoms with Crippen molar-refractivity contribution >= 4 is 6.08 Å². The summed E-state index contributed by atoms with van der Waals surface area (Å²) in [7, 11) is 0. The summed E-state index contributed by atoms with van der Waals surface area (Å²) in [5.74, 6) is 1.20. The Hall–Kier alpha value is -3.27. The van der Waals surface area contributed by atoms with Crippen LogP contribution in [0.4, 0.5) is 0 Å². The van der Waals surface area contributed by atoms with Crippen LogP contribution in [0.25, 0.3) is 6.08 Å². The molecule has 2 heterocycles. The van der Waals surface area contributed by atoms with Crippen molar-refractivity contribution in [1.82, 2.24) is 10.5 Å². The Morgan fingerprint density at radius 3 is 1.96 bits per heavy atom. The van der Waals surface area contributed by atoms with Gasteiger partial charge in [0, 0.05) is 24.2 Å². The predicted octanol–water partition coefficient (Wildman–Crippen LogP) is 4.03. The number of benzene rings is 2. The van der Waals surface area contributed by atoms with Gasteiger partial charge in [-0.3, -0.25) is 4.98 Å². The Kier molecular flexibility index (Phi) is 6.74. The number of phenols is 1. The van der Waals surface area contributed by atoms with E-state index in [1.54, 1.807) is 42.9 Å². The van der Waals surface area contributed by atoms with Crippen molar-refractivity contribution in [2.24, 2.45) is 0 Å². The second-order valence-electron chi connectivity index (χ2n) is 4.45. The van der Waals surface area contributed by atoms with Crippen LogP contribution in [0, 0.1) is 0 Å². The van der Waals surface area contributed by atoms with Crippen molar-refractivity contribution < 1.29 is 9.94 Å². The maximum absolute atomic E-state index is 8.63. The van der Waals surface area contributed by atoms with Crippen molar-refractivity contribution in [2.45, 2.75) is 0 Å². The number of para-hydroxylation sites is 2. The summed E-state index contributed by atoms with van der Waals surface area (Å²) >= 11 is 0. The zero-order valence-corrected chi connectivity index (χ0v) is 12.5. The zero-order valence-electron chi connectivity index (χ0n) is 12.5. The first-order valence-corrected chi connectivity index (χ1v) is 7.13. The third-order valence-corrected chi connectivity index (χ3v) is 2.74. The van der Waals surface area contributed by atoms with Crippen molar-refractivity contribution in [3.63, 3.8) is 0 Å². The van der Waals surface area contributed by atoms with E-state index >= 15 is 0 Å². The first kappa shape index (κ1) is 16.1. The van der Waals surface area contributed by atoms with Crippen molar-refractivity contribution in [1.29, 1.82) is 0 Å². The number of nitrogens with one attached hydrogen (secondary N) is 1. The fraction of sp³-hybridized carbons (Fsp3) is 0. The van der Waals surface area contributed by atoms with E-state index in [1.165, 1.54) is 0 Å². The van der Waals surface area contributed by atoms with Gasteiger partial charge in [0.2, 0.25) is 0 Å². The Bertz CT molecular complexity index is 674. The molecule has 4 nitrogen and oxygen atoms in total. The Balaban J connectivity index is 0.000000131. The highest BCUT2D eigenvalue weighted by Crippen LogP contribution is 2.20. The molecule has 0 fully saturated rings. The number of hydrogen-bond donors (Lipinski definition) is 2. The first-order valence-electron chi connectivity index (χ1n) is 7.13. The van der Waals surface area contributed by atoms with Gasteiger partial charge in [-0.05, 0) is 36.4 Å². The van der Waals surface area contributed by atoms with Crippen LogP contribution < -0.4 is 10.3 Å². The number of fused-ring (bicyclic) bond motifs is 1. The lowest BCUT2D eigenvalue weighted by molar-refractivity contribution is 0.239. The molecule has 1 aliphatic heterocycles. The number of phenolic OH excluding ortho intramolecular Hbond substituents is 1. The molecule has 0 amide bonds. The summed E-state index contributed by atoms with van der Waals surface area (Å²) in [5.41, 5.74) is 3.77. The molecule has 0 aliphatic carbocycles. The van der Waals surface area contributed by atoms with Gasteiger partial charge in [-0.15, -0.1) is 0 Å². The second kappa shape index (κ2) is 9.63. The number of aromatic hydroxyl groups is 1. The minimum atomic E-state index is 0.322. The summed E-state index contributed by atoms with van der Waals surface area (Å²) in [4.78, 5) is 8.87. The summed E-state index contributed by atoms with van der Waals surface area (Å²) in [6.07, 6.45) is 7.24. The van der Waals surface area contributed by atoms with Crippen LogP contribution in [0.3, 0.4) is 0 Å². The molecule has 0 saturated heterocycles. The van der Waals surface area contributed by atoms with Gasteiger partial charge in [0.1, 0.15) is 5.75 Å². The lowest BCUT2D eigenvalue weighted by atomic mass is 10.2. The van der Waals surface area contributed by atoms with Crippen LogP contribution >= 0.6 is 0 Å². The maximum atomic E-state index is 8.63. The molecule has 23 heavy (non-hydrogen) atoms. The predicted molar refractivity (Wildman–Crippen MR) is 91.6 cm³/mol. The highest BCUT2D eigenvalue weighted by molar-refractivity contribution is 5.57. The molecule has 0 radical (unpaired) electrons. The van der Waals surface area contributed by atoms with Crippen LogP contribution in [0.1, 0.15) is 5.56 Å². The number of hydroxylamine groups is 1. The van der Waals surface area contributed by atoms with Gasteiger partial charge in [0.15, 0.2) is 5.75 Å².